The van der Waals surface area contributed by atoms with Crippen LogP contribution < -0.4 is 9.64 Å². The molecule has 0 saturated carbocycles. The summed E-state index contributed by atoms with van der Waals surface area (Å²) in [4.78, 5) is 22.2. The molecule has 4 rings (SSSR count). The van der Waals surface area contributed by atoms with Crippen LogP contribution in [0.1, 0.15) is 23.7 Å². The van der Waals surface area contributed by atoms with Gasteiger partial charge in [0, 0.05) is 25.2 Å². The summed E-state index contributed by atoms with van der Waals surface area (Å²) in [6.07, 6.45) is 0.766. The van der Waals surface area contributed by atoms with Crippen molar-refractivity contribution >= 4 is 42.6 Å². The van der Waals surface area contributed by atoms with Gasteiger partial charge in [0.05, 0.1) is 34.9 Å². The van der Waals surface area contributed by atoms with Crippen molar-refractivity contribution in [2.75, 3.05) is 65.0 Å². The molecule has 1 fully saturated rings. The Morgan fingerprint density at radius 1 is 1.11 bits per heavy atom. The third-order valence-corrected chi connectivity index (χ3v) is 8.79. The van der Waals surface area contributed by atoms with Gasteiger partial charge in [0.15, 0.2) is 5.13 Å². The highest BCUT2D eigenvalue weighted by Crippen LogP contribution is 2.32. The van der Waals surface area contributed by atoms with Gasteiger partial charge in [-0.25, -0.2) is 13.4 Å². The first-order chi connectivity index (χ1) is 17.3. The molecule has 0 N–H and O–H groups in total. The number of carbonyl (C=O) groups excluding carboxylic acids is 1. The lowest BCUT2D eigenvalue weighted by Gasteiger charge is -2.26. The van der Waals surface area contributed by atoms with E-state index in [9.17, 15) is 13.2 Å². The first-order valence-electron chi connectivity index (χ1n) is 12.0. The lowest BCUT2D eigenvalue weighted by molar-refractivity contribution is 0.0730. The number of hydrogen-bond donors (Lipinski definition) is 0. The highest BCUT2D eigenvalue weighted by atomic mass is 32.2. The summed E-state index contributed by atoms with van der Waals surface area (Å²) < 4.78 is 39.1. The number of thiazole rings is 1. The number of anilines is 1. The van der Waals surface area contributed by atoms with Gasteiger partial charge in [0.2, 0.25) is 10.0 Å². The van der Waals surface area contributed by atoms with Gasteiger partial charge >= 0.3 is 0 Å². The summed E-state index contributed by atoms with van der Waals surface area (Å²) in [7, 11) is 0.360. The maximum absolute atomic E-state index is 13.6. The molecule has 1 aliphatic heterocycles. The van der Waals surface area contributed by atoms with Crippen LogP contribution in [0.25, 0.3) is 10.2 Å². The number of carbonyl (C=O) groups is 1. The van der Waals surface area contributed by atoms with Crippen LogP contribution in [0.2, 0.25) is 0 Å². The van der Waals surface area contributed by atoms with E-state index in [1.54, 1.807) is 17.0 Å². The molecule has 0 bridgehead atoms. The van der Waals surface area contributed by atoms with Gasteiger partial charge in [0.25, 0.3) is 5.91 Å². The van der Waals surface area contributed by atoms with E-state index in [1.807, 2.05) is 39.2 Å². The Kier molecular flexibility index (Phi) is 8.58. The van der Waals surface area contributed by atoms with E-state index >= 15 is 0 Å². The number of aromatic nitrogens is 1. The predicted molar refractivity (Wildman–Crippen MR) is 142 cm³/mol. The van der Waals surface area contributed by atoms with Crippen LogP contribution in [0.3, 0.4) is 0 Å². The van der Waals surface area contributed by atoms with Crippen molar-refractivity contribution < 1.29 is 22.7 Å². The van der Waals surface area contributed by atoms with Crippen molar-refractivity contribution in [1.82, 2.24) is 14.2 Å². The van der Waals surface area contributed by atoms with Crippen LogP contribution in [-0.4, -0.2) is 88.6 Å². The predicted octanol–water partition coefficient (Wildman–Crippen LogP) is 3.31. The number of ether oxygens (including phenoxy) is 2. The SMILES string of the molecule is CCOc1ccc2nc(N(CCCN(C)C)C(=O)c3ccc(S(=O)(=O)N4CCOCC4)cc3)sc2c1. The summed E-state index contributed by atoms with van der Waals surface area (Å²) in [6, 6.07) is 11.9. The Labute approximate surface area is 216 Å². The molecule has 2 heterocycles. The molecule has 1 saturated heterocycles. The molecule has 11 heteroatoms. The molecule has 194 valence electrons. The number of benzene rings is 2. The first-order valence-corrected chi connectivity index (χ1v) is 14.2. The van der Waals surface area contributed by atoms with E-state index in [2.05, 4.69) is 4.90 Å². The second-order valence-electron chi connectivity index (χ2n) is 8.71. The van der Waals surface area contributed by atoms with Gasteiger partial charge in [0.1, 0.15) is 5.75 Å². The smallest absolute Gasteiger partial charge is 0.260 e. The van der Waals surface area contributed by atoms with Crippen LogP contribution in [-0.2, 0) is 14.8 Å². The van der Waals surface area contributed by atoms with Crippen molar-refractivity contribution in [3.8, 4) is 5.75 Å². The topological polar surface area (TPSA) is 92.3 Å². The lowest BCUT2D eigenvalue weighted by Crippen LogP contribution is -2.40. The van der Waals surface area contributed by atoms with Gasteiger partial charge in [-0.15, -0.1) is 0 Å². The molecule has 36 heavy (non-hydrogen) atoms. The number of fused-ring (bicyclic) bond motifs is 1. The summed E-state index contributed by atoms with van der Waals surface area (Å²) in [5, 5.41) is 0.604. The molecule has 0 aliphatic carbocycles. The van der Waals surface area contributed by atoms with Gasteiger partial charge in [-0.1, -0.05) is 11.3 Å². The molecular weight excluding hydrogens is 500 g/mol. The van der Waals surface area contributed by atoms with Crippen LogP contribution >= 0.6 is 11.3 Å². The molecule has 9 nitrogen and oxygen atoms in total. The number of rotatable bonds is 10. The van der Waals surface area contributed by atoms with Crippen LogP contribution in [0.15, 0.2) is 47.4 Å². The summed E-state index contributed by atoms with van der Waals surface area (Å²) >= 11 is 1.44. The number of morpholine rings is 1. The molecule has 3 aromatic rings. The molecule has 0 unspecified atom stereocenters. The van der Waals surface area contributed by atoms with E-state index < -0.39 is 10.0 Å². The maximum atomic E-state index is 13.6. The van der Waals surface area contributed by atoms with E-state index in [4.69, 9.17) is 14.5 Å². The molecule has 0 radical (unpaired) electrons. The van der Waals surface area contributed by atoms with Crippen molar-refractivity contribution in [2.45, 2.75) is 18.2 Å². The molecule has 1 amide bonds. The first kappa shape index (κ1) is 26.5. The summed E-state index contributed by atoms with van der Waals surface area (Å²) in [5.41, 5.74) is 1.21. The zero-order chi connectivity index (χ0) is 25.7. The van der Waals surface area contributed by atoms with Gasteiger partial charge in [-0.05, 0) is 76.4 Å². The van der Waals surface area contributed by atoms with E-state index in [-0.39, 0.29) is 10.8 Å². The average molecular weight is 533 g/mol. The van der Waals surface area contributed by atoms with Crippen molar-refractivity contribution in [3.05, 3.63) is 48.0 Å². The third-order valence-electron chi connectivity index (χ3n) is 5.83. The van der Waals surface area contributed by atoms with Crippen molar-refractivity contribution in [1.29, 1.82) is 0 Å². The fraction of sp³-hybridized carbons (Fsp3) is 0.440. The minimum atomic E-state index is -3.63. The van der Waals surface area contributed by atoms with Crippen molar-refractivity contribution in [2.24, 2.45) is 0 Å². The Balaban J connectivity index is 1.60. The monoisotopic (exact) mass is 532 g/mol. The van der Waals surface area contributed by atoms with Crippen LogP contribution in [0.4, 0.5) is 5.13 Å². The number of hydrogen-bond acceptors (Lipinski definition) is 8. The second-order valence-corrected chi connectivity index (χ2v) is 11.7. The number of nitrogens with zero attached hydrogens (tertiary/aromatic N) is 4. The quantitative estimate of drug-likeness (QED) is 0.396. The average Bonchev–Trinajstić information content (AvgIpc) is 3.30. The summed E-state index contributed by atoms with van der Waals surface area (Å²) in [6.45, 7) is 5.23. The standard InChI is InChI=1S/C25H32N4O5S2/c1-4-34-20-8-11-22-23(18-20)35-25(26-22)29(13-5-12-27(2)3)24(30)19-6-9-21(10-7-19)36(31,32)28-14-16-33-17-15-28/h6-11,18H,4-5,12-17H2,1-3H3. The fourth-order valence-electron chi connectivity index (χ4n) is 3.96. The fourth-order valence-corrected chi connectivity index (χ4v) is 6.38. The molecule has 1 aromatic heterocycles. The third kappa shape index (κ3) is 6.04. The van der Waals surface area contributed by atoms with Gasteiger partial charge in [-0.3, -0.25) is 9.69 Å². The van der Waals surface area contributed by atoms with E-state index in [0.717, 1.165) is 28.9 Å². The Bertz CT molecular complexity index is 1290. The molecular formula is C25H32N4O5S2. The maximum Gasteiger partial charge on any atom is 0.260 e. The van der Waals surface area contributed by atoms with Crippen LogP contribution in [0, 0.1) is 0 Å². The zero-order valence-corrected chi connectivity index (χ0v) is 22.5. The largest absolute Gasteiger partial charge is 0.494 e. The highest BCUT2D eigenvalue weighted by Gasteiger charge is 2.27. The molecule has 2 aromatic carbocycles. The number of sulfonamides is 1. The molecule has 0 spiro atoms. The van der Waals surface area contributed by atoms with Crippen molar-refractivity contribution in [3.63, 3.8) is 0 Å². The summed E-state index contributed by atoms with van der Waals surface area (Å²) in [5.74, 6) is 0.552. The highest BCUT2D eigenvalue weighted by molar-refractivity contribution is 7.89. The Morgan fingerprint density at radius 3 is 2.50 bits per heavy atom. The molecule has 1 aliphatic rings. The van der Waals surface area contributed by atoms with E-state index in [1.165, 1.54) is 27.8 Å². The minimum absolute atomic E-state index is 0.170. The van der Waals surface area contributed by atoms with Crippen LogP contribution in [0.5, 0.6) is 5.75 Å². The second kappa shape index (κ2) is 11.7. The Morgan fingerprint density at radius 2 is 1.83 bits per heavy atom. The molecule has 0 atom stereocenters. The van der Waals surface area contributed by atoms with Gasteiger partial charge < -0.3 is 14.4 Å². The zero-order valence-electron chi connectivity index (χ0n) is 20.8. The Hall–Kier alpha value is -2.57. The minimum Gasteiger partial charge on any atom is -0.494 e. The van der Waals surface area contributed by atoms with E-state index in [0.29, 0.717) is 50.1 Å². The number of amides is 1. The lowest BCUT2D eigenvalue weighted by atomic mass is 10.2. The van der Waals surface area contributed by atoms with Gasteiger partial charge in [-0.2, -0.15) is 4.31 Å². The normalized spacial score (nSPS) is 14.9.